The summed E-state index contributed by atoms with van der Waals surface area (Å²) in [6, 6.07) is 0. The molecule has 1 aliphatic rings. The van der Waals surface area contributed by atoms with Gasteiger partial charge < -0.3 is 0 Å². The molecule has 0 aromatic carbocycles. The number of rotatable bonds is 0. The van der Waals surface area contributed by atoms with Gasteiger partial charge in [-0.15, -0.1) is 0 Å². The van der Waals surface area contributed by atoms with Gasteiger partial charge in [-0.25, -0.2) is 0 Å². The molecule has 0 saturated carbocycles. The standard InChI is InChI=1S/C4H10N2S/c1-6-3-2-5-7-4-6/h5H,2-4H2,1H3. The highest BCUT2D eigenvalue weighted by Gasteiger charge is 2.01. The fourth-order valence-electron chi connectivity index (χ4n) is 0.529. The van der Waals surface area contributed by atoms with Crippen molar-refractivity contribution in [2.45, 2.75) is 0 Å². The van der Waals surface area contributed by atoms with Gasteiger partial charge in [0.1, 0.15) is 0 Å². The average Bonchev–Trinajstić information content (AvgIpc) is 1.69. The zero-order valence-corrected chi connectivity index (χ0v) is 5.29. The van der Waals surface area contributed by atoms with Crippen LogP contribution in [0.15, 0.2) is 0 Å². The van der Waals surface area contributed by atoms with E-state index in [-0.39, 0.29) is 0 Å². The van der Waals surface area contributed by atoms with Crippen LogP contribution in [0.25, 0.3) is 0 Å². The lowest BCUT2D eigenvalue weighted by molar-refractivity contribution is 0.386. The van der Waals surface area contributed by atoms with Gasteiger partial charge >= 0.3 is 0 Å². The van der Waals surface area contributed by atoms with Gasteiger partial charge in [0.2, 0.25) is 0 Å². The number of hydrogen-bond acceptors (Lipinski definition) is 3. The molecule has 0 radical (unpaired) electrons. The van der Waals surface area contributed by atoms with Gasteiger partial charge in [-0.05, 0) is 7.05 Å². The Morgan fingerprint density at radius 1 is 1.71 bits per heavy atom. The zero-order chi connectivity index (χ0) is 5.11. The molecule has 0 spiro atoms. The summed E-state index contributed by atoms with van der Waals surface area (Å²) in [5, 5.41) is 0. The SMILES string of the molecule is CN1CCNSC1. The fourth-order valence-corrected chi connectivity index (χ4v) is 1.21. The van der Waals surface area contributed by atoms with E-state index in [2.05, 4.69) is 16.7 Å². The quantitative estimate of drug-likeness (QED) is 0.455. The fraction of sp³-hybridized carbons (Fsp3) is 1.00. The Morgan fingerprint density at radius 3 is 2.86 bits per heavy atom. The molecular formula is C4H10N2S. The molecule has 0 unspecified atom stereocenters. The Balaban J connectivity index is 2.12. The van der Waals surface area contributed by atoms with Crippen molar-refractivity contribution in [3.05, 3.63) is 0 Å². The third-order valence-electron chi connectivity index (χ3n) is 0.983. The number of likely N-dealkylation sites (N-methyl/N-ethyl adjacent to an activating group) is 1. The molecule has 1 N–H and O–H groups in total. The van der Waals surface area contributed by atoms with E-state index < -0.39 is 0 Å². The monoisotopic (exact) mass is 118 g/mol. The number of nitrogens with zero attached hydrogens (tertiary/aromatic N) is 1. The van der Waals surface area contributed by atoms with Gasteiger partial charge in [-0.3, -0.25) is 9.62 Å². The normalized spacial score (nSPS) is 25.3. The second-order valence-corrected chi connectivity index (χ2v) is 2.58. The lowest BCUT2D eigenvalue weighted by Crippen LogP contribution is -2.32. The molecule has 0 aromatic heterocycles. The van der Waals surface area contributed by atoms with Gasteiger partial charge in [0.05, 0.1) is 5.88 Å². The predicted molar refractivity (Wildman–Crippen MR) is 33.1 cm³/mol. The van der Waals surface area contributed by atoms with Crippen LogP contribution in [0, 0.1) is 0 Å². The van der Waals surface area contributed by atoms with Gasteiger partial charge in [-0.1, -0.05) is 11.9 Å². The smallest absolute Gasteiger partial charge is 0.0588 e. The molecule has 0 aliphatic carbocycles. The van der Waals surface area contributed by atoms with Crippen molar-refractivity contribution in [3.63, 3.8) is 0 Å². The van der Waals surface area contributed by atoms with Crippen LogP contribution in [-0.2, 0) is 0 Å². The van der Waals surface area contributed by atoms with E-state index in [1.807, 2.05) is 0 Å². The van der Waals surface area contributed by atoms with Gasteiger partial charge in [0.25, 0.3) is 0 Å². The largest absolute Gasteiger partial charge is 0.295 e. The first-order chi connectivity index (χ1) is 3.39. The summed E-state index contributed by atoms with van der Waals surface area (Å²) in [6.45, 7) is 2.31. The lowest BCUT2D eigenvalue weighted by atomic mass is 10.6. The summed E-state index contributed by atoms with van der Waals surface area (Å²) in [6.07, 6.45) is 0. The summed E-state index contributed by atoms with van der Waals surface area (Å²) in [4.78, 5) is 2.29. The van der Waals surface area contributed by atoms with Crippen molar-refractivity contribution in [1.82, 2.24) is 9.62 Å². The Bertz CT molecular complexity index is 51.7. The number of nitrogens with one attached hydrogen (secondary N) is 1. The second kappa shape index (κ2) is 2.55. The highest BCUT2D eigenvalue weighted by atomic mass is 32.2. The van der Waals surface area contributed by atoms with E-state index in [0.717, 1.165) is 12.4 Å². The third kappa shape index (κ3) is 1.67. The zero-order valence-electron chi connectivity index (χ0n) is 4.48. The third-order valence-corrected chi connectivity index (χ3v) is 1.96. The molecule has 0 atom stereocenters. The first kappa shape index (κ1) is 5.41. The van der Waals surface area contributed by atoms with Crippen LogP contribution in [0.1, 0.15) is 0 Å². The second-order valence-electron chi connectivity index (χ2n) is 1.75. The van der Waals surface area contributed by atoms with Crippen molar-refractivity contribution in [1.29, 1.82) is 0 Å². The highest BCUT2D eigenvalue weighted by molar-refractivity contribution is 7.97. The summed E-state index contributed by atoms with van der Waals surface area (Å²) < 4.78 is 3.19. The van der Waals surface area contributed by atoms with Crippen LogP contribution in [0.2, 0.25) is 0 Å². The molecule has 1 rings (SSSR count). The molecule has 1 aliphatic heterocycles. The molecular weight excluding hydrogens is 108 g/mol. The highest BCUT2D eigenvalue weighted by Crippen LogP contribution is 2.00. The molecule has 1 saturated heterocycles. The molecule has 3 heteroatoms. The van der Waals surface area contributed by atoms with Crippen molar-refractivity contribution in [3.8, 4) is 0 Å². The van der Waals surface area contributed by atoms with Crippen LogP contribution in [-0.4, -0.2) is 30.9 Å². The van der Waals surface area contributed by atoms with Gasteiger partial charge in [-0.2, -0.15) is 0 Å². The van der Waals surface area contributed by atoms with Crippen LogP contribution >= 0.6 is 11.9 Å². The van der Waals surface area contributed by atoms with Crippen LogP contribution in [0.4, 0.5) is 0 Å². The average molecular weight is 118 g/mol. The topological polar surface area (TPSA) is 15.3 Å². The molecule has 0 aromatic rings. The van der Waals surface area contributed by atoms with Crippen molar-refractivity contribution in [2.75, 3.05) is 26.0 Å². The van der Waals surface area contributed by atoms with Crippen LogP contribution in [0.3, 0.4) is 0 Å². The maximum Gasteiger partial charge on any atom is 0.0588 e. The van der Waals surface area contributed by atoms with E-state index in [0.29, 0.717) is 0 Å². The Kier molecular flexibility index (Phi) is 1.97. The minimum absolute atomic E-state index is 1.12. The summed E-state index contributed by atoms with van der Waals surface area (Å²) >= 11 is 1.78. The summed E-state index contributed by atoms with van der Waals surface area (Å²) in [5.74, 6) is 1.12. The summed E-state index contributed by atoms with van der Waals surface area (Å²) in [7, 11) is 2.13. The first-order valence-electron chi connectivity index (χ1n) is 2.43. The van der Waals surface area contributed by atoms with Crippen LogP contribution in [0.5, 0.6) is 0 Å². The molecule has 1 heterocycles. The van der Waals surface area contributed by atoms with E-state index in [9.17, 15) is 0 Å². The van der Waals surface area contributed by atoms with Crippen LogP contribution < -0.4 is 4.72 Å². The Labute approximate surface area is 48.4 Å². The predicted octanol–water partition coefficient (Wildman–Crippen LogP) is 0.127. The molecule has 42 valence electrons. The Hall–Kier alpha value is 0.270. The van der Waals surface area contributed by atoms with E-state index in [1.165, 1.54) is 6.54 Å². The summed E-state index contributed by atoms with van der Waals surface area (Å²) in [5.41, 5.74) is 0. The minimum atomic E-state index is 1.12. The van der Waals surface area contributed by atoms with E-state index >= 15 is 0 Å². The van der Waals surface area contributed by atoms with Crippen molar-refractivity contribution < 1.29 is 0 Å². The maximum absolute atomic E-state index is 3.19. The van der Waals surface area contributed by atoms with Gasteiger partial charge in [0, 0.05) is 13.1 Å². The Morgan fingerprint density at radius 2 is 2.57 bits per heavy atom. The van der Waals surface area contributed by atoms with Crippen molar-refractivity contribution >= 4 is 11.9 Å². The molecule has 2 nitrogen and oxygen atoms in total. The molecule has 0 amide bonds. The van der Waals surface area contributed by atoms with E-state index in [1.54, 1.807) is 11.9 Å². The van der Waals surface area contributed by atoms with Gasteiger partial charge in [0.15, 0.2) is 0 Å². The molecule has 7 heavy (non-hydrogen) atoms. The number of hydrogen-bond donors (Lipinski definition) is 1. The maximum atomic E-state index is 3.19. The first-order valence-corrected chi connectivity index (χ1v) is 3.41. The minimum Gasteiger partial charge on any atom is -0.295 e. The molecule has 1 fully saturated rings. The van der Waals surface area contributed by atoms with E-state index in [4.69, 9.17) is 0 Å². The van der Waals surface area contributed by atoms with Crippen molar-refractivity contribution in [2.24, 2.45) is 0 Å². The lowest BCUT2D eigenvalue weighted by Gasteiger charge is -2.20. The molecule has 0 bridgehead atoms.